The van der Waals surface area contributed by atoms with Crippen LogP contribution in [0.2, 0.25) is 0 Å². The van der Waals surface area contributed by atoms with E-state index in [-0.39, 0.29) is 12.5 Å². The Bertz CT molecular complexity index is 675. The second-order valence-corrected chi connectivity index (χ2v) is 7.45. The number of piperidine rings is 3. The molecule has 3 heterocycles. The monoisotopic (exact) mass is 321 g/mol. The predicted octanol–water partition coefficient (Wildman–Crippen LogP) is 4.15. The average Bonchev–Trinajstić information content (AvgIpc) is 2.65. The van der Waals surface area contributed by atoms with E-state index in [0.717, 1.165) is 5.92 Å². The molecule has 3 aliphatic heterocycles. The minimum absolute atomic E-state index is 0.226. The van der Waals surface area contributed by atoms with Crippen molar-refractivity contribution < 1.29 is 5.11 Å². The molecule has 126 valence electrons. The Labute approximate surface area is 145 Å². The minimum atomic E-state index is 0.226. The minimum Gasteiger partial charge on any atom is -0.396 e. The summed E-state index contributed by atoms with van der Waals surface area (Å²) in [6, 6.07) is 20.0. The summed E-state index contributed by atoms with van der Waals surface area (Å²) in [5.74, 6) is 1.45. The van der Waals surface area contributed by atoms with Crippen LogP contribution in [0.1, 0.15) is 41.5 Å². The lowest BCUT2D eigenvalue weighted by atomic mass is 9.64. The molecule has 2 nitrogen and oxygen atoms in total. The second kappa shape index (κ2) is 6.70. The summed E-state index contributed by atoms with van der Waals surface area (Å²) in [6.45, 7) is 4.82. The number of fused-ring (bicyclic) bond motifs is 3. The number of benzene rings is 2. The summed E-state index contributed by atoms with van der Waals surface area (Å²) >= 11 is 0. The largest absolute Gasteiger partial charge is 0.396 e. The molecule has 2 aromatic rings. The van der Waals surface area contributed by atoms with Gasteiger partial charge in [0.2, 0.25) is 0 Å². The van der Waals surface area contributed by atoms with Gasteiger partial charge in [-0.2, -0.15) is 0 Å². The van der Waals surface area contributed by atoms with Crippen molar-refractivity contribution in [2.24, 2.45) is 11.8 Å². The molecule has 0 aromatic heterocycles. The number of aliphatic hydroxyl groups excluding tert-OH is 1. The van der Waals surface area contributed by atoms with Crippen LogP contribution in [0.5, 0.6) is 0 Å². The van der Waals surface area contributed by atoms with Crippen LogP contribution in [0.15, 0.2) is 54.6 Å². The average molecular weight is 321 g/mol. The molecule has 0 amide bonds. The van der Waals surface area contributed by atoms with Gasteiger partial charge >= 0.3 is 0 Å². The standard InChI is InChI=1S/C22H27NO/c1-16-7-5-6-10-19(16)20(15-24)21-17-11-13-23(14-12-17)22(21)18-8-3-2-4-9-18/h2-10,17,20-22,24H,11-15H2,1H3. The van der Waals surface area contributed by atoms with Crippen molar-refractivity contribution >= 4 is 0 Å². The number of aliphatic hydroxyl groups is 1. The van der Waals surface area contributed by atoms with Crippen LogP contribution < -0.4 is 0 Å². The third-order valence-corrected chi connectivity index (χ3v) is 6.27. The Morgan fingerprint density at radius 2 is 1.67 bits per heavy atom. The van der Waals surface area contributed by atoms with Crippen molar-refractivity contribution in [3.63, 3.8) is 0 Å². The molecule has 0 aliphatic carbocycles. The molecule has 3 atom stereocenters. The highest BCUT2D eigenvalue weighted by molar-refractivity contribution is 5.32. The smallest absolute Gasteiger partial charge is 0.0503 e. The zero-order valence-electron chi connectivity index (χ0n) is 14.4. The molecular formula is C22H27NO. The van der Waals surface area contributed by atoms with Crippen molar-refractivity contribution in [3.05, 3.63) is 71.3 Å². The summed E-state index contributed by atoms with van der Waals surface area (Å²) < 4.78 is 0. The van der Waals surface area contributed by atoms with Gasteiger partial charge in [-0.15, -0.1) is 0 Å². The number of hydrogen-bond donors (Lipinski definition) is 1. The first-order chi connectivity index (χ1) is 11.8. The highest BCUT2D eigenvalue weighted by Crippen LogP contribution is 2.51. The van der Waals surface area contributed by atoms with Gasteiger partial charge in [0.05, 0.1) is 6.61 Å². The van der Waals surface area contributed by atoms with Gasteiger partial charge in [-0.3, -0.25) is 4.90 Å². The maximum atomic E-state index is 10.3. The summed E-state index contributed by atoms with van der Waals surface area (Å²) in [5, 5.41) is 10.3. The summed E-state index contributed by atoms with van der Waals surface area (Å²) in [4.78, 5) is 2.65. The number of rotatable bonds is 4. The normalized spacial score (nSPS) is 30.2. The van der Waals surface area contributed by atoms with Crippen molar-refractivity contribution in [1.82, 2.24) is 4.90 Å². The van der Waals surface area contributed by atoms with Crippen LogP contribution in [-0.2, 0) is 0 Å². The Morgan fingerprint density at radius 3 is 2.33 bits per heavy atom. The van der Waals surface area contributed by atoms with Gasteiger partial charge in [0, 0.05) is 12.0 Å². The first-order valence-corrected chi connectivity index (χ1v) is 9.25. The first kappa shape index (κ1) is 15.9. The Kier molecular flexibility index (Phi) is 4.43. The maximum Gasteiger partial charge on any atom is 0.0503 e. The van der Waals surface area contributed by atoms with Crippen LogP contribution in [0.4, 0.5) is 0 Å². The first-order valence-electron chi connectivity index (χ1n) is 9.25. The third-order valence-electron chi connectivity index (χ3n) is 6.27. The highest BCUT2D eigenvalue weighted by Gasteiger charge is 2.46. The van der Waals surface area contributed by atoms with E-state index >= 15 is 0 Å². The molecule has 3 aliphatic rings. The Hall–Kier alpha value is -1.64. The predicted molar refractivity (Wildman–Crippen MR) is 98.0 cm³/mol. The van der Waals surface area contributed by atoms with E-state index < -0.39 is 0 Å². The molecule has 3 fully saturated rings. The van der Waals surface area contributed by atoms with Crippen LogP contribution in [0, 0.1) is 18.8 Å². The number of hydrogen-bond acceptors (Lipinski definition) is 2. The fourth-order valence-corrected chi connectivity index (χ4v) is 5.15. The Balaban J connectivity index is 1.76. The fourth-order valence-electron chi connectivity index (χ4n) is 5.15. The van der Waals surface area contributed by atoms with Gasteiger partial charge in [-0.25, -0.2) is 0 Å². The Morgan fingerprint density at radius 1 is 1.00 bits per heavy atom. The molecule has 24 heavy (non-hydrogen) atoms. The van der Waals surface area contributed by atoms with Crippen LogP contribution >= 0.6 is 0 Å². The molecule has 3 saturated heterocycles. The summed E-state index contributed by atoms with van der Waals surface area (Å²) in [6.07, 6.45) is 2.55. The molecule has 2 aromatic carbocycles. The van der Waals surface area contributed by atoms with E-state index in [0.29, 0.717) is 12.0 Å². The molecule has 0 radical (unpaired) electrons. The van der Waals surface area contributed by atoms with Crippen LogP contribution in [0.3, 0.4) is 0 Å². The van der Waals surface area contributed by atoms with Crippen molar-refractivity contribution in [2.75, 3.05) is 19.7 Å². The second-order valence-electron chi connectivity index (χ2n) is 7.45. The van der Waals surface area contributed by atoms with Crippen molar-refractivity contribution in [1.29, 1.82) is 0 Å². The SMILES string of the molecule is Cc1ccccc1C(CO)C1C2CCN(CC2)C1c1ccccc1. The quantitative estimate of drug-likeness (QED) is 0.914. The van der Waals surface area contributed by atoms with Gasteiger partial charge in [-0.05, 0) is 61.4 Å². The summed E-state index contributed by atoms with van der Waals surface area (Å²) in [7, 11) is 0. The molecule has 3 unspecified atom stereocenters. The van der Waals surface area contributed by atoms with Gasteiger partial charge in [0.15, 0.2) is 0 Å². The molecule has 0 spiro atoms. The van der Waals surface area contributed by atoms with E-state index in [1.165, 1.54) is 42.6 Å². The lowest BCUT2D eigenvalue weighted by molar-refractivity contribution is -0.0328. The third kappa shape index (κ3) is 2.68. The van der Waals surface area contributed by atoms with E-state index in [1.54, 1.807) is 0 Å². The maximum absolute atomic E-state index is 10.3. The van der Waals surface area contributed by atoms with Crippen LogP contribution in [-0.4, -0.2) is 29.7 Å². The molecule has 2 bridgehead atoms. The number of nitrogens with zero attached hydrogens (tertiary/aromatic N) is 1. The summed E-state index contributed by atoms with van der Waals surface area (Å²) in [5.41, 5.74) is 4.05. The molecule has 2 heteroatoms. The molecule has 5 rings (SSSR count). The molecule has 1 N–H and O–H groups in total. The van der Waals surface area contributed by atoms with Gasteiger partial charge in [0.1, 0.15) is 0 Å². The van der Waals surface area contributed by atoms with E-state index in [1.807, 2.05) is 0 Å². The van der Waals surface area contributed by atoms with E-state index in [2.05, 4.69) is 66.4 Å². The highest BCUT2D eigenvalue weighted by atomic mass is 16.3. The topological polar surface area (TPSA) is 23.5 Å². The molecule has 0 saturated carbocycles. The zero-order chi connectivity index (χ0) is 16.5. The van der Waals surface area contributed by atoms with E-state index in [9.17, 15) is 5.11 Å². The van der Waals surface area contributed by atoms with Gasteiger partial charge in [0.25, 0.3) is 0 Å². The molecular weight excluding hydrogens is 294 g/mol. The van der Waals surface area contributed by atoms with Gasteiger partial charge < -0.3 is 5.11 Å². The van der Waals surface area contributed by atoms with Crippen molar-refractivity contribution in [2.45, 2.75) is 31.7 Å². The lowest BCUT2D eigenvalue weighted by Crippen LogP contribution is -2.51. The zero-order valence-corrected chi connectivity index (χ0v) is 14.4. The fraction of sp³-hybridized carbons (Fsp3) is 0.455. The lowest BCUT2D eigenvalue weighted by Gasteiger charge is -2.54. The van der Waals surface area contributed by atoms with Crippen LogP contribution in [0.25, 0.3) is 0 Å². The van der Waals surface area contributed by atoms with Crippen molar-refractivity contribution in [3.8, 4) is 0 Å². The number of aryl methyl sites for hydroxylation is 1. The van der Waals surface area contributed by atoms with E-state index in [4.69, 9.17) is 0 Å². The van der Waals surface area contributed by atoms with Gasteiger partial charge in [-0.1, -0.05) is 54.6 Å².